The van der Waals surface area contributed by atoms with Gasteiger partial charge < -0.3 is 10.1 Å². The van der Waals surface area contributed by atoms with E-state index in [0.29, 0.717) is 13.2 Å². The molecule has 0 radical (unpaired) electrons. The molecule has 6 nitrogen and oxygen atoms in total. The number of nitrogens with one attached hydrogen (secondary N) is 1. The third-order valence-electron chi connectivity index (χ3n) is 2.61. The maximum atomic E-state index is 11.7. The van der Waals surface area contributed by atoms with E-state index in [9.17, 15) is 13.2 Å². The van der Waals surface area contributed by atoms with Gasteiger partial charge in [0.05, 0.1) is 6.61 Å². The van der Waals surface area contributed by atoms with Crippen LogP contribution in [0.5, 0.6) is 5.75 Å². The fraction of sp³-hybridized carbons (Fsp3) is 0.462. The molecule has 0 saturated heterocycles. The highest BCUT2D eigenvalue weighted by Gasteiger charge is 2.18. The minimum absolute atomic E-state index is 0.169. The molecule has 0 saturated carbocycles. The number of ether oxygens (including phenoxy) is 1. The molecule has 1 aromatic carbocycles. The Balaban J connectivity index is 3.11. The van der Waals surface area contributed by atoms with E-state index in [-0.39, 0.29) is 22.1 Å². The largest absolute Gasteiger partial charge is 0.492 e. The van der Waals surface area contributed by atoms with Crippen molar-refractivity contribution in [3.05, 3.63) is 23.8 Å². The van der Waals surface area contributed by atoms with Gasteiger partial charge in [0, 0.05) is 12.1 Å². The van der Waals surface area contributed by atoms with Crippen LogP contribution in [-0.2, 0) is 10.0 Å². The zero-order chi connectivity index (χ0) is 15.2. The first-order valence-electron chi connectivity index (χ1n) is 6.48. The van der Waals surface area contributed by atoms with E-state index in [0.717, 1.165) is 12.8 Å². The van der Waals surface area contributed by atoms with E-state index in [1.807, 2.05) is 6.92 Å². The number of primary sulfonamides is 1. The molecule has 0 atom stereocenters. The molecule has 1 aromatic rings. The van der Waals surface area contributed by atoms with E-state index in [1.165, 1.54) is 18.2 Å². The summed E-state index contributed by atoms with van der Waals surface area (Å²) in [5, 5.41) is 7.76. The molecule has 0 aliphatic carbocycles. The van der Waals surface area contributed by atoms with Crippen molar-refractivity contribution in [1.29, 1.82) is 0 Å². The topological polar surface area (TPSA) is 98.5 Å². The summed E-state index contributed by atoms with van der Waals surface area (Å²) in [5.74, 6) is -0.175. The minimum atomic E-state index is -3.95. The van der Waals surface area contributed by atoms with Gasteiger partial charge in [0.15, 0.2) is 0 Å². The number of unbranched alkanes of at least 4 members (excludes halogenated alkanes) is 1. The Bertz CT molecular complexity index is 570. The number of hydrogen-bond acceptors (Lipinski definition) is 4. The van der Waals surface area contributed by atoms with Gasteiger partial charge in [-0.2, -0.15) is 0 Å². The monoisotopic (exact) mass is 300 g/mol. The molecule has 0 aliphatic heterocycles. The molecule has 0 spiro atoms. The third kappa shape index (κ3) is 4.50. The summed E-state index contributed by atoms with van der Waals surface area (Å²) in [6, 6.07) is 4.21. The molecule has 1 amide bonds. The Labute approximate surface area is 119 Å². The van der Waals surface area contributed by atoms with Crippen LogP contribution in [0, 0.1) is 0 Å². The molecule has 0 fully saturated rings. The first-order valence-corrected chi connectivity index (χ1v) is 8.02. The van der Waals surface area contributed by atoms with Crippen molar-refractivity contribution in [2.24, 2.45) is 5.14 Å². The second kappa shape index (κ2) is 7.25. The summed E-state index contributed by atoms with van der Waals surface area (Å²) >= 11 is 0. The number of carbonyl (C=O) groups is 1. The van der Waals surface area contributed by atoms with Crippen molar-refractivity contribution in [2.45, 2.75) is 31.6 Å². The van der Waals surface area contributed by atoms with Gasteiger partial charge in [0.1, 0.15) is 10.6 Å². The predicted octanol–water partition coefficient (Wildman–Crippen LogP) is 1.26. The SMILES string of the molecule is CCCCOc1ccc(C(=O)NCC)cc1S(N)(=O)=O. The molecule has 0 aromatic heterocycles. The Morgan fingerprint density at radius 3 is 2.60 bits per heavy atom. The van der Waals surface area contributed by atoms with Crippen LogP contribution < -0.4 is 15.2 Å². The number of hydrogen-bond donors (Lipinski definition) is 2. The Kier molecular flexibility index (Phi) is 5.97. The smallest absolute Gasteiger partial charge is 0.251 e. The second-order valence-electron chi connectivity index (χ2n) is 4.27. The maximum Gasteiger partial charge on any atom is 0.251 e. The van der Waals surface area contributed by atoms with Crippen LogP contribution in [0.15, 0.2) is 23.1 Å². The van der Waals surface area contributed by atoms with Crippen LogP contribution in [0.2, 0.25) is 0 Å². The Hall–Kier alpha value is -1.60. The van der Waals surface area contributed by atoms with Gasteiger partial charge in [0.2, 0.25) is 10.0 Å². The van der Waals surface area contributed by atoms with Gasteiger partial charge in [-0.3, -0.25) is 4.79 Å². The molecule has 112 valence electrons. The van der Waals surface area contributed by atoms with Crippen LogP contribution in [0.1, 0.15) is 37.0 Å². The molecule has 0 unspecified atom stereocenters. The van der Waals surface area contributed by atoms with Crippen LogP contribution in [0.25, 0.3) is 0 Å². The number of benzene rings is 1. The molecule has 0 heterocycles. The zero-order valence-corrected chi connectivity index (χ0v) is 12.5. The zero-order valence-electron chi connectivity index (χ0n) is 11.7. The maximum absolute atomic E-state index is 11.7. The van der Waals surface area contributed by atoms with Gasteiger partial charge in [-0.1, -0.05) is 13.3 Å². The fourth-order valence-electron chi connectivity index (χ4n) is 1.58. The number of nitrogens with two attached hydrogens (primary N) is 1. The average molecular weight is 300 g/mol. The number of sulfonamides is 1. The number of rotatable bonds is 7. The van der Waals surface area contributed by atoms with Crippen LogP contribution in [0.3, 0.4) is 0 Å². The lowest BCUT2D eigenvalue weighted by Gasteiger charge is -2.11. The highest BCUT2D eigenvalue weighted by Crippen LogP contribution is 2.24. The molecule has 20 heavy (non-hydrogen) atoms. The predicted molar refractivity (Wildman–Crippen MR) is 76.2 cm³/mol. The number of amides is 1. The van der Waals surface area contributed by atoms with Crippen LogP contribution in [0.4, 0.5) is 0 Å². The van der Waals surface area contributed by atoms with Crippen molar-refractivity contribution in [2.75, 3.05) is 13.2 Å². The lowest BCUT2D eigenvalue weighted by molar-refractivity contribution is 0.0955. The quantitative estimate of drug-likeness (QED) is 0.741. The Morgan fingerprint density at radius 2 is 2.05 bits per heavy atom. The van der Waals surface area contributed by atoms with Gasteiger partial charge in [-0.15, -0.1) is 0 Å². The summed E-state index contributed by atoms with van der Waals surface area (Å²) in [5.41, 5.74) is 0.235. The van der Waals surface area contributed by atoms with E-state index in [1.54, 1.807) is 6.92 Å². The molecular weight excluding hydrogens is 280 g/mol. The van der Waals surface area contributed by atoms with Crippen LogP contribution in [-0.4, -0.2) is 27.5 Å². The highest BCUT2D eigenvalue weighted by atomic mass is 32.2. The summed E-state index contributed by atoms with van der Waals surface area (Å²) in [6.45, 7) is 4.64. The van der Waals surface area contributed by atoms with Crippen molar-refractivity contribution >= 4 is 15.9 Å². The molecule has 0 aliphatic rings. The Morgan fingerprint density at radius 1 is 1.35 bits per heavy atom. The van der Waals surface area contributed by atoms with Crippen molar-refractivity contribution in [3.8, 4) is 5.75 Å². The van der Waals surface area contributed by atoms with Crippen LogP contribution >= 0.6 is 0 Å². The van der Waals surface area contributed by atoms with Crippen molar-refractivity contribution in [1.82, 2.24) is 5.32 Å². The van der Waals surface area contributed by atoms with Gasteiger partial charge >= 0.3 is 0 Å². The summed E-state index contributed by atoms with van der Waals surface area (Å²) in [7, 11) is -3.95. The van der Waals surface area contributed by atoms with Crippen molar-refractivity contribution < 1.29 is 17.9 Å². The molecule has 0 bridgehead atoms. The summed E-state index contributed by atoms with van der Waals surface area (Å²) in [4.78, 5) is 11.5. The number of carbonyl (C=O) groups excluding carboxylic acids is 1. The fourth-order valence-corrected chi connectivity index (χ4v) is 2.28. The minimum Gasteiger partial charge on any atom is -0.492 e. The summed E-state index contributed by atoms with van der Waals surface area (Å²) < 4.78 is 28.6. The third-order valence-corrected chi connectivity index (χ3v) is 3.54. The molecule has 1 rings (SSSR count). The van der Waals surface area contributed by atoms with E-state index in [4.69, 9.17) is 9.88 Å². The van der Waals surface area contributed by atoms with Gasteiger partial charge in [-0.25, -0.2) is 13.6 Å². The van der Waals surface area contributed by atoms with Gasteiger partial charge in [0.25, 0.3) is 5.91 Å². The standard InChI is InChI=1S/C13H20N2O4S/c1-3-5-8-19-11-7-6-10(13(16)15-4-2)9-12(11)20(14,17)18/h6-7,9H,3-5,8H2,1-2H3,(H,15,16)(H2,14,17,18). The molecule has 3 N–H and O–H groups in total. The lowest BCUT2D eigenvalue weighted by atomic mass is 10.2. The first-order chi connectivity index (χ1) is 9.40. The van der Waals surface area contributed by atoms with E-state index >= 15 is 0 Å². The lowest BCUT2D eigenvalue weighted by Crippen LogP contribution is -2.23. The summed E-state index contributed by atoms with van der Waals surface area (Å²) in [6.07, 6.45) is 1.74. The molecular formula is C13H20N2O4S. The van der Waals surface area contributed by atoms with E-state index in [2.05, 4.69) is 5.32 Å². The van der Waals surface area contributed by atoms with E-state index < -0.39 is 10.0 Å². The normalized spacial score (nSPS) is 11.2. The highest BCUT2D eigenvalue weighted by molar-refractivity contribution is 7.89. The average Bonchev–Trinajstić information content (AvgIpc) is 2.38. The second-order valence-corrected chi connectivity index (χ2v) is 5.80. The van der Waals surface area contributed by atoms with Crippen molar-refractivity contribution in [3.63, 3.8) is 0 Å². The molecule has 7 heteroatoms. The first kappa shape index (κ1) is 16.5. The van der Waals surface area contributed by atoms with Gasteiger partial charge in [-0.05, 0) is 31.5 Å².